The first kappa shape index (κ1) is 7.87. The molecule has 0 aromatic carbocycles. The van der Waals surface area contributed by atoms with Crippen molar-refractivity contribution in [3.63, 3.8) is 0 Å². The highest BCUT2D eigenvalue weighted by Crippen LogP contribution is 1.98. The lowest BCUT2D eigenvalue weighted by atomic mass is 10.7. The van der Waals surface area contributed by atoms with Gasteiger partial charge in [0.25, 0.3) is 0 Å². The Kier molecular flexibility index (Phi) is 3.76. The summed E-state index contributed by atoms with van der Waals surface area (Å²) < 4.78 is 1.58. The van der Waals surface area contributed by atoms with Gasteiger partial charge in [0.2, 0.25) is 0 Å². The second-order valence-electron chi connectivity index (χ2n) is 1.17. The molecule has 4 heteroatoms. The number of hydrogen-bond acceptors (Lipinski definition) is 2. The minimum Gasteiger partial charge on any atom is -0.274 e. The van der Waals surface area contributed by atoms with E-state index in [1.807, 2.05) is 29.8 Å². The molecule has 0 aliphatic heterocycles. The summed E-state index contributed by atoms with van der Waals surface area (Å²) in [6, 6.07) is 0. The van der Waals surface area contributed by atoms with Crippen molar-refractivity contribution in [3.8, 4) is 0 Å². The Balaban J connectivity index is 3.81. The van der Waals surface area contributed by atoms with Gasteiger partial charge < -0.3 is 0 Å². The Hall–Kier alpha value is -0.130. The normalized spacial score (nSPS) is 11.1. The minimum atomic E-state index is 0.848. The summed E-state index contributed by atoms with van der Waals surface area (Å²) >= 11 is 2.00. The average molecular weight is 225 g/mol. The van der Waals surface area contributed by atoms with Crippen molar-refractivity contribution in [2.75, 3.05) is 7.05 Å². The number of nitrogens with zero attached hydrogens (tertiary/aromatic N) is 3. The zero-order valence-electron chi connectivity index (χ0n) is 4.93. The molecule has 46 valence electrons. The molecule has 0 saturated heterocycles. The molecule has 0 N–H and O–H groups in total. The van der Waals surface area contributed by atoms with E-state index in [0.29, 0.717) is 0 Å². The van der Waals surface area contributed by atoms with Crippen molar-refractivity contribution >= 4 is 35.4 Å². The van der Waals surface area contributed by atoms with Crippen LogP contribution in [-0.2, 0) is 0 Å². The molecule has 0 saturated carbocycles. The first-order valence-electron chi connectivity index (χ1n) is 2.08. The van der Waals surface area contributed by atoms with Crippen LogP contribution in [0.5, 0.6) is 0 Å². The molecule has 0 radical (unpaired) electrons. The first-order valence-corrected chi connectivity index (χ1v) is 3.04. The molecule has 0 unspecified atom stereocenters. The van der Waals surface area contributed by atoms with Gasteiger partial charge in [0.1, 0.15) is 5.84 Å². The van der Waals surface area contributed by atoms with Crippen LogP contribution < -0.4 is 0 Å². The van der Waals surface area contributed by atoms with E-state index in [1.54, 1.807) is 10.3 Å². The Bertz CT molecular complexity index is 110. The van der Waals surface area contributed by atoms with E-state index in [0.717, 1.165) is 5.84 Å². The van der Waals surface area contributed by atoms with Crippen molar-refractivity contribution in [2.45, 2.75) is 6.92 Å². The summed E-state index contributed by atoms with van der Waals surface area (Å²) in [5.41, 5.74) is 0. The van der Waals surface area contributed by atoms with E-state index in [-0.39, 0.29) is 0 Å². The van der Waals surface area contributed by atoms with Gasteiger partial charge >= 0.3 is 0 Å². The molecule has 0 aliphatic carbocycles. The Morgan fingerprint density at radius 1 is 1.75 bits per heavy atom. The second-order valence-corrected chi connectivity index (χ2v) is 2.09. The van der Waals surface area contributed by atoms with Crippen molar-refractivity contribution < 1.29 is 0 Å². The quantitative estimate of drug-likeness (QED) is 0.217. The van der Waals surface area contributed by atoms with Crippen LogP contribution in [0.3, 0.4) is 0 Å². The maximum Gasteiger partial charge on any atom is 0.127 e. The molecular formula is C4H8IN3. The number of rotatable bonds is 1. The Labute approximate surface area is 63.0 Å². The molecule has 0 aromatic heterocycles. The summed E-state index contributed by atoms with van der Waals surface area (Å²) in [6.07, 6.45) is 0. The van der Waals surface area contributed by atoms with Crippen LogP contribution in [0.2, 0.25) is 0 Å². The third kappa shape index (κ3) is 2.25. The second kappa shape index (κ2) is 3.82. The lowest BCUT2D eigenvalue weighted by molar-refractivity contribution is 0.792. The molecule has 0 rings (SSSR count). The lowest BCUT2D eigenvalue weighted by Crippen LogP contribution is -2.09. The van der Waals surface area contributed by atoms with Crippen LogP contribution in [0.25, 0.3) is 0 Å². The van der Waals surface area contributed by atoms with Gasteiger partial charge in [-0.3, -0.25) is 4.99 Å². The summed E-state index contributed by atoms with van der Waals surface area (Å²) in [4.78, 5) is 3.86. The predicted molar refractivity (Wildman–Crippen MR) is 44.4 cm³/mol. The van der Waals surface area contributed by atoms with Crippen molar-refractivity contribution in [3.05, 3.63) is 0 Å². The summed E-state index contributed by atoms with van der Waals surface area (Å²) in [5, 5.41) is 3.60. The summed E-state index contributed by atoms with van der Waals surface area (Å²) in [6.45, 7) is 5.18. The molecule has 0 spiro atoms. The van der Waals surface area contributed by atoms with Gasteiger partial charge in [-0.2, -0.15) is 8.32 Å². The molecule has 3 nitrogen and oxygen atoms in total. The third-order valence-electron chi connectivity index (χ3n) is 0.715. The largest absolute Gasteiger partial charge is 0.274 e. The Morgan fingerprint density at radius 3 is 2.38 bits per heavy atom. The highest BCUT2D eigenvalue weighted by Gasteiger charge is 1.93. The van der Waals surface area contributed by atoms with E-state index < -0.39 is 0 Å². The van der Waals surface area contributed by atoms with Gasteiger partial charge in [-0.1, -0.05) is 0 Å². The zero-order chi connectivity index (χ0) is 6.57. The number of amidine groups is 1. The fourth-order valence-corrected chi connectivity index (χ4v) is 0.401. The highest BCUT2D eigenvalue weighted by atomic mass is 127. The fraction of sp³-hybridized carbons (Fsp3) is 0.500. The molecule has 0 fully saturated rings. The van der Waals surface area contributed by atoms with Crippen LogP contribution in [0.15, 0.2) is 10.1 Å². The molecule has 8 heavy (non-hydrogen) atoms. The molecule has 0 amide bonds. The predicted octanol–water partition coefficient (Wildman–Crippen LogP) is 1.30. The Morgan fingerprint density at radius 2 is 2.25 bits per heavy atom. The highest BCUT2D eigenvalue weighted by molar-refractivity contribution is 14.1. The maximum atomic E-state index is 3.86. The van der Waals surface area contributed by atoms with Crippen LogP contribution in [0.1, 0.15) is 6.92 Å². The van der Waals surface area contributed by atoms with Crippen LogP contribution in [0.4, 0.5) is 0 Å². The number of hydrazone groups is 1. The van der Waals surface area contributed by atoms with Crippen LogP contribution >= 0.6 is 22.9 Å². The van der Waals surface area contributed by atoms with Gasteiger partial charge in [-0.15, -0.1) is 0 Å². The van der Waals surface area contributed by atoms with Crippen molar-refractivity contribution in [2.24, 2.45) is 10.1 Å². The molecule has 0 bridgehead atoms. The first-order chi connectivity index (χ1) is 3.72. The molecule has 0 aromatic rings. The monoisotopic (exact) mass is 225 g/mol. The number of hydrogen-bond donors (Lipinski definition) is 0. The maximum absolute atomic E-state index is 3.86. The van der Waals surface area contributed by atoms with Gasteiger partial charge in [-0.05, 0) is 6.92 Å². The van der Waals surface area contributed by atoms with E-state index in [9.17, 15) is 0 Å². The van der Waals surface area contributed by atoms with Gasteiger partial charge in [0.05, 0.1) is 22.9 Å². The van der Waals surface area contributed by atoms with E-state index >= 15 is 0 Å². The molecule has 0 aliphatic rings. The molecule has 0 heterocycles. The minimum absolute atomic E-state index is 0.848. The average Bonchev–Trinajstić information content (AvgIpc) is 1.84. The topological polar surface area (TPSA) is 28.0 Å². The number of halogens is 1. The van der Waals surface area contributed by atoms with Gasteiger partial charge in [-0.25, -0.2) is 0 Å². The lowest BCUT2D eigenvalue weighted by Gasteiger charge is -2.05. The SMILES string of the molecule is C=NN(I)/C(C)=N\C. The fourth-order valence-electron chi connectivity index (χ4n) is 0.185. The summed E-state index contributed by atoms with van der Waals surface area (Å²) in [7, 11) is 1.71. The van der Waals surface area contributed by atoms with Crippen LogP contribution in [-0.4, -0.2) is 22.8 Å². The van der Waals surface area contributed by atoms with Gasteiger partial charge in [0.15, 0.2) is 0 Å². The van der Waals surface area contributed by atoms with Crippen LogP contribution in [0, 0.1) is 0 Å². The van der Waals surface area contributed by atoms with E-state index in [4.69, 9.17) is 0 Å². The van der Waals surface area contributed by atoms with Gasteiger partial charge in [0, 0.05) is 13.8 Å². The van der Waals surface area contributed by atoms with Crippen molar-refractivity contribution in [1.82, 2.24) is 3.22 Å². The zero-order valence-corrected chi connectivity index (χ0v) is 7.08. The number of aliphatic imine (C=N–C) groups is 1. The van der Waals surface area contributed by atoms with Crippen molar-refractivity contribution in [1.29, 1.82) is 0 Å². The summed E-state index contributed by atoms with van der Waals surface area (Å²) in [5.74, 6) is 0.848. The van der Waals surface area contributed by atoms with E-state index in [1.165, 1.54) is 0 Å². The smallest absolute Gasteiger partial charge is 0.127 e. The standard InChI is InChI=1S/C4H8IN3/c1-4(6-2)8(5)7-3/h3H2,1-2H3/b6-4-. The third-order valence-corrected chi connectivity index (χ3v) is 1.72. The molecular weight excluding hydrogens is 217 g/mol. The molecule has 0 atom stereocenters. The van der Waals surface area contributed by atoms with E-state index in [2.05, 4.69) is 16.8 Å².